The molecule has 0 aliphatic heterocycles. The normalized spacial score (nSPS) is 11.1. The van der Waals surface area contributed by atoms with Crippen molar-refractivity contribution in [1.29, 1.82) is 0 Å². The van der Waals surface area contributed by atoms with E-state index in [-0.39, 0.29) is 24.7 Å². The topological polar surface area (TPSA) is 135 Å². The smallest absolute Gasteiger partial charge is 0.323 e. The van der Waals surface area contributed by atoms with Crippen molar-refractivity contribution in [3.05, 3.63) is 83.4 Å². The summed E-state index contributed by atoms with van der Waals surface area (Å²) in [6.45, 7) is 3.27. The van der Waals surface area contributed by atoms with Crippen LogP contribution >= 0.6 is 0 Å². The molecule has 10 heteroatoms. The molecule has 0 spiro atoms. The minimum absolute atomic E-state index is 0.0119. The van der Waals surface area contributed by atoms with Crippen LogP contribution in [0.5, 0.6) is 5.75 Å². The highest BCUT2D eigenvalue weighted by molar-refractivity contribution is 6.01. The summed E-state index contributed by atoms with van der Waals surface area (Å²) in [5.74, 6) is -0.561. The molecule has 3 aromatic rings. The van der Waals surface area contributed by atoms with Crippen LogP contribution in [0, 0.1) is 6.92 Å². The summed E-state index contributed by atoms with van der Waals surface area (Å²) in [6.07, 6.45) is 0.0622. The van der Waals surface area contributed by atoms with E-state index in [1.165, 1.54) is 21.1 Å². The number of methoxy groups -OCH3 is 2. The molecular formula is C29H32N4O6. The maximum atomic E-state index is 12.7. The van der Waals surface area contributed by atoms with Crippen molar-refractivity contribution < 1.29 is 28.7 Å². The standard InChI is InChI=1S/C29H32N4O6/c1-18-7-5-6-8-23(18)32-29(37)33-24-14-9-20(15-26(24)38-3)16-27(35)31-22-12-10-21(11-13-22)25(30-19(2)34)17-28(36)39-4/h5-15,25H,16-17H2,1-4H3,(H,30,34)(H,31,35)(H2,32,33,37). The number of nitrogens with one attached hydrogen (secondary N) is 4. The Kier molecular flexibility index (Phi) is 10.0. The van der Waals surface area contributed by atoms with Gasteiger partial charge in [0.05, 0.1) is 38.8 Å². The van der Waals surface area contributed by atoms with Crippen LogP contribution in [-0.2, 0) is 25.5 Å². The Bertz CT molecular complexity index is 1340. The van der Waals surface area contributed by atoms with Crippen molar-refractivity contribution in [3.63, 3.8) is 0 Å². The third-order valence-electron chi connectivity index (χ3n) is 5.84. The number of esters is 1. The van der Waals surface area contributed by atoms with Gasteiger partial charge >= 0.3 is 12.0 Å². The maximum Gasteiger partial charge on any atom is 0.323 e. The summed E-state index contributed by atoms with van der Waals surface area (Å²) in [4.78, 5) is 48.4. The van der Waals surface area contributed by atoms with Crippen molar-refractivity contribution in [2.75, 3.05) is 30.2 Å². The first kappa shape index (κ1) is 28.7. The molecule has 0 heterocycles. The first-order valence-electron chi connectivity index (χ1n) is 12.2. The number of hydrogen-bond acceptors (Lipinski definition) is 6. The molecule has 4 amide bonds. The fourth-order valence-corrected chi connectivity index (χ4v) is 3.87. The molecule has 204 valence electrons. The monoisotopic (exact) mass is 532 g/mol. The quantitative estimate of drug-likeness (QED) is 0.283. The third-order valence-corrected chi connectivity index (χ3v) is 5.84. The van der Waals surface area contributed by atoms with Gasteiger partial charge in [-0.25, -0.2) is 4.79 Å². The highest BCUT2D eigenvalue weighted by Gasteiger charge is 2.18. The Balaban J connectivity index is 1.61. The molecule has 3 aromatic carbocycles. The summed E-state index contributed by atoms with van der Waals surface area (Å²) in [7, 11) is 2.77. The number of carbonyl (C=O) groups is 4. The zero-order valence-electron chi connectivity index (χ0n) is 22.3. The molecule has 3 rings (SSSR count). The number of aryl methyl sites for hydroxylation is 1. The number of carbonyl (C=O) groups excluding carboxylic acids is 4. The number of hydrogen-bond donors (Lipinski definition) is 4. The lowest BCUT2D eigenvalue weighted by atomic mass is 10.0. The molecule has 0 aromatic heterocycles. The van der Waals surface area contributed by atoms with E-state index in [9.17, 15) is 19.2 Å². The largest absolute Gasteiger partial charge is 0.495 e. The van der Waals surface area contributed by atoms with Crippen LogP contribution in [0.4, 0.5) is 21.9 Å². The number of benzene rings is 3. The van der Waals surface area contributed by atoms with E-state index < -0.39 is 18.0 Å². The molecule has 0 saturated heterocycles. The zero-order chi connectivity index (χ0) is 28.4. The van der Waals surface area contributed by atoms with Gasteiger partial charge in [0.2, 0.25) is 11.8 Å². The van der Waals surface area contributed by atoms with Crippen LogP contribution in [-0.4, -0.2) is 38.0 Å². The van der Waals surface area contributed by atoms with Crippen molar-refractivity contribution in [3.8, 4) is 5.75 Å². The number of ether oxygens (including phenoxy) is 2. The van der Waals surface area contributed by atoms with E-state index in [2.05, 4.69) is 21.3 Å². The van der Waals surface area contributed by atoms with Crippen LogP contribution in [0.2, 0.25) is 0 Å². The van der Waals surface area contributed by atoms with E-state index in [4.69, 9.17) is 9.47 Å². The molecule has 10 nitrogen and oxygen atoms in total. The van der Waals surface area contributed by atoms with Crippen LogP contribution in [0.3, 0.4) is 0 Å². The third kappa shape index (κ3) is 8.60. The van der Waals surface area contributed by atoms with Crippen molar-refractivity contribution in [2.45, 2.75) is 32.7 Å². The average Bonchev–Trinajstić information content (AvgIpc) is 2.90. The molecular weight excluding hydrogens is 500 g/mol. The van der Waals surface area contributed by atoms with Gasteiger partial charge in [0.15, 0.2) is 0 Å². The molecule has 0 bridgehead atoms. The van der Waals surface area contributed by atoms with Crippen LogP contribution < -0.4 is 26.0 Å². The van der Waals surface area contributed by atoms with Gasteiger partial charge in [-0.15, -0.1) is 0 Å². The van der Waals surface area contributed by atoms with E-state index in [0.717, 1.165) is 5.56 Å². The van der Waals surface area contributed by atoms with Crippen LogP contribution in [0.25, 0.3) is 0 Å². The predicted octanol–water partition coefficient (Wildman–Crippen LogP) is 4.57. The molecule has 4 N–H and O–H groups in total. The molecule has 1 atom stereocenters. The van der Waals surface area contributed by atoms with Gasteiger partial charge in [-0.1, -0.05) is 36.4 Å². The van der Waals surface area contributed by atoms with Gasteiger partial charge < -0.3 is 30.7 Å². The summed E-state index contributed by atoms with van der Waals surface area (Å²) in [5.41, 5.74) is 4.04. The van der Waals surface area contributed by atoms with Crippen LogP contribution in [0.15, 0.2) is 66.7 Å². The van der Waals surface area contributed by atoms with Gasteiger partial charge in [-0.05, 0) is 53.9 Å². The van der Waals surface area contributed by atoms with Crippen molar-refractivity contribution >= 4 is 40.9 Å². The van der Waals surface area contributed by atoms with Crippen molar-refractivity contribution in [1.82, 2.24) is 5.32 Å². The highest BCUT2D eigenvalue weighted by atomic mass is 16.5. The Morgan fingerprint density at radius 2 is 1.54 bits per heavy atom. The second-order valence-electron chi connectivity index (χ2n) is 8.81. The van der Waals surface area contributed by atoms with Gasteiger partial charge in [0, 0.05) is 18.3 Å². The van der Waals surface area contributed by atoms with Gasteiger partial charge in [0.1, 0.15) is 5.75 Å². The van der Waals surface area contributed by atoms with Gasteiger partial charge in [0.25, 0.3) is 0 Å². The first-order chi connectivity index (χ1) is 18.7. The van der Waals surface area contributed by atoms with Crippen molar-refractivity contribution in [2.24, 2.45) is 0 Å². The molecule has 39 heavy (non-hydrogen) atoms. The lowest BCUT2D eigenvalue weighted by Gasteiger charge is -2.17. The number of para-hydroxylation sites is 1. The molecule has 0 fully saturated rings. The maximum absolute atomic E-state index is 12.7. The summed E-state index contributed by atoms with van der Waals surface area (Å²) in [5, 5.41) is 11.1. The van der Waals surface area contributed by atoms with E-state index in [1.54, 1.807) is 42.5 Å². The number of rotatable bonds is 10. The summed E-state index contributed by atoms with van der Waals surface area (Å²) in [6, 6.07) is 18.4. The van der Waals surface area contributed by atoms with Gasteiger partial charge in [-0.3, -0.25) is 14.4 Å². The SMILES string of the molecule is COC(=O)CC(NC(C)=O)c1ccc(NC(=O)Cc2ccc(NC(=O)Nc3ccccc3C)c(OC)c2)cc1. The molecule has 0 aliphatic rings. The summed E-state index contributed by atoms with van der Waals surface area (Å²) < 4.78 is 10.1. The lowest BCUT2D eigenvalue weighted by Crippen LogP contribution is -2.28. The molecule has 0 radical (unpaired) electrons. The molecule has 0 saturated carbocycles. The minimum atomic E-state index is -0.543. The van der Waals surface area contributed by atoms with Gasteiger partial charge in [-0.2, -0.15) is 0 Å². The Morgan fingerprint density at radius 1 is 0.846 bits per heavy atom. The Hall–Kier alpha value is -4.86. The number of anilines is 3. The van der Waals surface area contributed by atoms with Crippen LogP contribution in [0.1, 0.15) is 36.1 Å². The van der Waals surface area contributed by atoms with E-state index in [1.807, 2.05) is 31.2 Å². The minimum Gasteiger partial charge on any atom is -0.495 e. The van der Waals surface area contributed by atoms with E-state index >= 15 is 0 Å². The fourth-order valence-electron chi connectivity index (χ4n) is 3.87. The van der Waals surface area contributed by atoms with E-state index in [0.29, 0.717) is 33.9 Å². The number of urea groups is 1. The first-order valence-corrected chi connectivity index (χ1v) is 12.2. The summed E-state index contributed by atoms with van der Waals surface area (Å²) >= 11 is 0. The molecule has 0 aliphatic carbocycles. The predicted molar refractivity (Wildman–Crippen MR) is 149 cm³/mol. The zero-order valence-corrected chi connectivity index (χ0v) is 22.3. The second kappa shape index (κ2) is 13.6. The Labute approximate surface area is 227 Å². The fraction of sp³-hybridized carbons (Fsp3) is 0.241. The average molecular weight is 533 g/mol. The number of amides is 4. The Morgan fingerprint density at radius 3 is 2.18 bits per heavy atom. The highest BCUT2D eigenvalue weighted by Crippen LogP contribution is 2.27. The lowest BCUT2D eigenvalue weighted by molar-refractivity contribution is -0.141. The second-order valence-corrected chi connectivity index (χ2v) is 8.81. The molecule has 1 unspecified atom stereocenters.